The zero-order valence-electron chi connectivity index (χ0n) is 13.1. The van der Waals surface area contributed by atoms with Crippen LogP contribution in [0.5, 0.6) is 0 Å². The first-order chi connectivity index (χ1) is 11.6. The molecule has 1 aromatic carbocycles. The third-order valence-corrected chi connectivity index (χ3v) is 5.32. The maximum atomic E-state index is 12.7. The van der Waals surface area contributed by atoms with Crippen LogP contribution >= 0.6 is 11.8 Å². The van der Waals surface area contributed by atoms with Gasteiger partial charge >= 0.3 is 0 Å². The summed E-state index contributed by atoms with van der Waals surface area (Å²) in [5.74, 6) is -0.178. The molecule has 0 radical (unpaired) electrons. The molecule has 1 saturated heterocycles. The van der Waals surface area contributed by atoms with E-state index in [9.17, 15) is 14.4 Å². The number of fused-ring (bicyclic) bond motifs is 1. The van der Waals surface area contributed by atoms with E-state index in [-0.39, 0.29) is 29.2 Å². The Morgan fingerprint density at radius 3 is 2.75 bits per heavy atom. The van der Waals surface area contributed by atoms with E-state index in [2.05, 4.69) is 4.98 Å². The van der Waals surface area contributed by atoms with Gasteiger partial charge < -0.3 is 0 Å². The number of amides is 2. The lowest BCUT2D eigenvalue weighted by Gasteiger charge is -2.15. The summed E-state index contributed by atoms with van der Waals surface area (Å²) in [4.78, 5) is 42.6. The predicted molar refractivity (Wildman–Crippen MR) is 91.0 cm³/mol. The van der Waals surface area contributed by atoms with Crippen LogP contribution in [0.25, 0.3) is 10.9 Å². The number of benzene rings is 1. The van der Waals surface area contributed by atoms with Gasteiger partial charge in [-0.05, 0) is 31.4 Å². The van der Waals surface area contributed by atoms with E-state index in [1.165, 1.54) is 16.7 Å². The van der Waals surface area contributed by atoms with Crippen molar-refractivity contribution in [1.29, 1.82) is 0 Å². The van der Waals surface area contributed by atoms with Crippen LogP contribution in [0.15, 0.2) is 34.2 Å². The summed E-state index contributed by atoms with van der Waals surface area (Å²) < 4.78 is 1.71. The molecule has 0 N–H and O–H groups in total. The molecular formula is C17H17N3O3S. The number of hydrogen-bond donors (Lipinski definition) is 0. The lowest BCUT2D eigenvalue weighted by atomic mass is 10.2. The second-order valence-electron chi connectivity index (χ2n) is 6.15. The van der Waals surface area contributed by atoms with Gasteiger partial charge in [-0.3, -0.25) is 23.9 Å². The van der Waals surface area contributed by atoms with Crippen LogP contribution < -0.4 is 5.56 Å². The summed E-state index contributed by atoms with van der Waals surface area (Å²) in [6, 6.07) is 7.45. The molecule has 24 heavy (non-hydrogen) atoms. The molecule has 1 aliphatic heterocycles. The Hall–Kier alpha value is -2.15. The van der Waals surface area contributed by atoms with Crippen molar-refractivity contribution >= 4 is 34.5 Å². The maximum Gasteiger partial charge on any atom is 0.262 e. The van der Waals surface area contributed by atoms with Crippen LogP contribution in [0.2, 0.25) is 0 Å². The van der Waals surface area contributed by atoms with E-state index in [1.54, 1.807) is 10.6 Å². The molecule has 2 aliphatic rings. The Labute approximate surface area is 142 Å². The summed E-state index contributed by atoms with van der Waals surface area (Å²) in [6.45, 7) is 0.499. The number of carbonyl (C=O) groups is 2. The monoisotopic (exact) mass is 343 g/mol. The molecule has 0 bridgehead atoms. The fraction of sp³-hybridized carbons (Fsp3) is 0.412. The van der Waals surface area contributed by atoms with Gasteiger partial charge in [0.05, 0.1) is 16.7 Å². The maximum absolute atomic E-state index is 12.7. The first-order valence-electron chi connectivity index (χ1n) is 8.12. The van der Waals surface area contributed by atoms with Crippen LogP contribution in [0.1, 0.15) is 31.7 Å². The topological polar surface area (TPSA) is 72.3 Å². The quantitative estimate of drug-likeness (QED) is 0.627. The zero-order valence-corrected chi connectivity index (χ0v) is 13.9. The van der Waals surface area contributed by atoms with Gasteiger partial charge in [0.15, 0.2) is 5.16 Å². The fourth-order valence-corrected chi connectivity index (χ4v) is 3.94. The standard InChI is InChI=1S/C17H17N3O3S/c21-14-6-3-9-19(14)15(22)10-24-17-18-13-5-2-1-4-12(13)16(23)20(17)11-7-8-11/h1-2,4-5,11H,3,6-10H2. The van der Waals surface area contributed by atoms with Crippen molar-refractivity contribution < 1.29 is 9.59 Å². The van der Waals surface area contributed by atoms with Crippen molar-refractivity contribution in [2.75, 3.05) is 12.3 Å². The van der Waals surface area contributed by atoms with Crippen molar-refractivity contribution in [1.82, 2.24) is 14.5 Å². The molecule has 0 unspecified atom stereocenters. The highest BCUT2D eigenvalue weighted by atomic mass is 32.2. The normalized spacial score (nSPS) is 17.7. The van der Waals surface area contributed by atoms with Gasteiger partial charge in [-0.15, -0.1) is 0 Å². The van der Waals surface area contributed by atoms with Gasteiger partial charge in [-0.1, -0.05) is 23.9 Å². The fourth-order valence-electron chi connectivity index (χ4n) is 3.00. The van der Waals surface area contributed by atoms with Crippen LogP contribution in [0.4, 0.5) is 0 Å². The van der Waals surface area contributed by atoms with Gasteiger partial charge in [0.2, 0.25) is 11.8 Å². The molecule has 2 heterocycles. The van der Waals surface area contributed by atoms with E-state index < -0.39 is 0 Å². The number of thioether (sulfide) groups is 1. The number of hydrogen-bond acceptors (Lipinski definition) is 5. The van der Waals surface area contributed by atoms with Gasteiger partial charge in [0.1, 0.15) is 0 Å². The molecule has 1 aliphatic carbocycles. The summed E-state index contributed by atoms with van der Waals surface area (Å²) in [7, 11) is 0. The number of nitrogens with zero attached hydrogens (tertiary/aromatic N) is 3. The molecule has 1 saturated carbocycles. The molecule has 2 fully saturated rings. The third-order valence-electron chi connectivity index (χ3n) is 4.39. The Bertz CT molecular complexity index is 888. The first kappa shape index (κ1) is 15.4. The minimum absolute atomic E-state index is 0.0460. The van der Waals surface area contributed by atoms with E-state index in [0.717, 1.165) is 19.3 Å². The van der Waals surface area contributed by atoms with Crippen LogP contribution in [-0.4, -0.2) is 38.6 Å². The van der Waals surface area contributed by atoms with Crippen LogP contribution in [-0.2, 0) is 9.59 Å². The highest BCUT2D eigenvalue weighted by Crippen LogP contribution is 2.36. The lowest BCUT2D eigenvalue weighted by molar-refractivity contribution is -0.140. The van der Waals surface area contributed by atoms with Crippen molar-refractivity contribution in [3.63, 3.8) is 0 Å². The van der Waals surface area contributed by atoms with E-state index in [0.29, 0.717) is 29.0 Å². The average Bonchev–Trinajstić information content (AvgIpc) is 3.33. The molecule has 2 amide bonds. The second kappa shape index (κ2) is 6.05. The van der Waals surface area contributed by atoms with E-state index in [1.807, 2.05) is 18.2 Å². The van der Waals surface area contributed by atoms with Crippen molar-refractivity contribution in [2.45, 2.75) is 36.9 Å². The molecule has 0 atom stereocenters. The third kappa shape index (κ3) is 2.73. The number of likely N-dealkylation sites (tertiary alicyclic amines) is 1. The number of carbonyl (C=O) groups excluding carboxylic acids is 2. The van der Waals surface area contributed by atoms with Crippen molar-refractivity contribution in [3.05, 3.63) is 34.6 Å². The molecule has 4 rings (SSSR count). The molecule has 0 spiro atoms. The molecule has 124 valence electrons. The highest BCUT2D eigenvalue weighted by Gasteiger charge is 2.30. The number of imide groups is 1. The zero-order chi connectivity index (χ0) is 16.7. The lowest BCUT2D eigenvalue weighted by Crippen LogP contribution is -2.33. The molecule has 6 nitrogen and oxygen atoms in total. The minimum atomic E-state index is -0.202. The van der Waals surface area contributed by atoms with Gasteiger partial charge in [-0.2, -0.15) is 0 Å². The number of para-hydroxylation sites is 1. The van der Waals surface area contributed by atoms with Gasteiger partial charge in [0.25, 0.3) is 5.56 Å². The van der Waals surface area contributed by atoms with Crippen LogP contribution in [0.3, 0.4) is 0 Å². The Kier molecular flexibility index (Phi) is 3.88. The Balaban J connectivity index is 1.63. The van der Waals surface area contributed by atoms with Crippen LogP contribution in [0, 0.1) is 0 Å². The van der Waals surface area contributed by atoms with Gasteiger partial charge in [-0.25, -0.2) is 4.98 Å². The average molecular weight is 343 g/mol. The summed E-state index contributed by atoms with van der Waals surface area (Å²) >= 11 is 1.25. The van der Waals surface area contributed by atoms with Gasteiger partial charge in [0, 0.05) is 19.0 Å². The summed E-state index contributed by atoms with van der Waals surface area (Å²) in [5, 5.41) is 1.18. The second-order valence-corrected chi connectivity index (χ2v) is 7.09. The number of rotatable bonds is 4. The molecular weight excluding hydrogens is 326 g/mol. The molecule has 7 heteroatoms. The first-order valence-corrected chi connectivity index (χ1v) is 9.11. The minimum Gasteiger partial charge on any atom is -0.284 e. The van der Waals surface area contributed by atoms with E-state index >= 15 is 0 Å². The smallest absolute Gasteiger partial charge is 0.262 e. The summed E-state index contributed by atoms with van der Waals surface area (Å²) in [6.07, 6.45) is 3.10. The van der Waals surface area contributed by atoms with Crippen molar-refractivity contribution in [3.8, 4) is 0 Å². The number of aromatic nitrogens is 2. The highest BCUT2D eigenvalue weighted by molar-refractivity contribution is 7.99. The molecule has 2 aromatic rings. The Morgan fingerprint density at radius 2 is 2.04 bits per heavy atom. The largest absolute Gasteiger partial charge is 0.284 e. The molecule has 1 aromatic heterocycles. The Morgan fingerprint density at radius 1 is 1.25 bits per heavy atom. The summed E-state index contributed by atoms with van der Waals surface area (Å²) in [5.41, 5.74) is 0.599. The van der Waals surface area contributed by atoms with E-state index in [4.69, 9.17) is 0 Å². The van der Waals surface area contributed by atoms with Crippen molar-refractivity contribution in [2.24, 2.45) is 0 Å². The predicted octanol–water partition coefficient (Wildman–Crippen LogP) is 1.97. The SMILES string of the molecule is O=C1CCCN1C(=O)CSc1nc2ccccc2c(=O)n1C1CC1.